The van der Waals surface area contributed by atoms with Crippen molar-refractivity contribution < 1.29 is 14.3 Å². The third-order valence-electron chi connectivity index (χ3n) is 5.10. The second-order valence-corrected chi connectivity index (χ2v) is 9.38. The molecule has 3 heterocycles. The molecule has 4 rings (SSSR count). The van der Waals surface area contributed by atoms with E-state index >= 15 is 0 Å². The maximum atomic E-state index is 12.8. The van der Waals surface area contributed by atoms with Crippen LogP contribution in [0, 0.1) is 6.92 Å². The van der Waals surface area contributed by atoms with E-state index in [0.717, 1.165) is 47.6 Å². The number of nitrogens with zero attached hydrogens (tertiary/aromatic N) is 2. The zero-order valence-electron chi connectivity index (χ0n) is 17.4. The Bertz CT molecular complexity index is 1110. The topological polar surface area (TPSA) is 93.2 Å². The van der Waals surface area contributed by atoms with Gasteiger partial charge in [-0.2, -0.15) is 0 Å². The molecule has 0 atom stereocenters. The van der Waals surface area contributed by atoms with E-state index in [1.807, 2.05) is 25.1 Å². The van der Waals surface area contributed by atoms with Crippen LogP contribution in [-0.2, 0) is 0 Å². The minimum Gasteiger partial charge on any atom is -0.497 e. The van der Waals surface area contributed by atoms with Crippen molar-refractivity contribution >= 4 is 45.7 Å². The van der Waals surface area contributed by atoms with Crippen LogP contribution in [-0.4, -0.2) is 53.7 Å². The first-order chi connectivity index (χ1) is 15.0. The van der Waals surface area contributed by atoms with E-state index in [-0.39, 0.29) is 23.5 Å². The largest absolute Gasteiger partial charge is 0.497 e. The lowest BCUT2D eigenvalue weighted by Gasteiger charge is -2.23. The van der Waals surface area contributed by atoms with Crippen LogP contribution in [0.1, 0.15) is 38.0 Å². The first kappa shape index (κ1) is 21.7. The summed E-state index contributed by atoms with van der Waals surface area (Å²) in [6.45, 7) is 3.67. The number of aromatic nitrogens is 2. The van der Waals surface area contributed by atoms with Gasteiger partial charge >= 0.3 is 0 Å². The number of hydrogen-bond acceptors (Lipinski definition) is 8. The van der Waals surface area contributed by atoms with Crippen LogP contribution in [0.4, 0.5) is 0 Å². The first-order valence-electron chi connectivity index (χ1n) is 10.1. The highest BCUT2D eigenvalue weighted by atomic mass is 32.2. The summed E-state index contributed by atoms with van der Waals surface area (Å²) >= 11 is 2.62. The average Bonchev–Trinajstić information content (AvgIpc) is 3.28. The molecular weight excluding hydrogens is 432 g/mol. The van der Waals surface area contributed by atoms with Crippen LogP contribution < -0.4 is 15.4 Å². The number of ether oxygens (including phenoxy) is 1. The maximum Gasteiger partial charge on any atom is 0.261 e. The molecule has 0 aliphatic carbocycles. The van der Waals surface area contributed by atoms with E-state index in [4.69, 9.17) is 4.74 Å². The van der Waals surface area contributed by atoms with Crippen molar-refractivity contribution in [1.29, 1.82) is 0 Å². The van der Waals surface area contributed by atoms with Crippen LogP contribution in [0.5, 0.6) is 5.75 Å². The molecule has 2 aromatic heterocycles. The Balaban J connectivity index is 1.43. The van der Waals surface area contributed by atoms with Crippen LogP contribution in [0.2, 0.25) is 0 Å². The van der Waals surface area contributed by atoms with Crippen molar-refractivity contribution in [2.24, 2.45) is 0 Å². The number of thiophene rings is 1. The van der Waals surface area contributed by atoms with Gasteiger partial charge in [0, 0.05) is 11.4 Å². The third kappa shape index (κ3) is 5.23. The van der Waals surface area contributed by atoms with Crippen molar-refractivity contribution in [3.8, 4) is 5.75 Å². The van der Waals surface area contributed by atoms with Gasteiger partial charge in [0.2, 0.25) is 0 Å². The molecule has 2 N–H and O–H groups in total. The van der Waals surface area contributed by atoms with Gasteiger partial charge in [-0.3, -0.25) is 9.59 Å². The van der Waals surface area contributed by atoms with Gasteiger partial charge in [-0.05, 0) is 63.2 Å². The van der Waals surface area contributed by atoms with Crippen molar-refractivity contribution in [1.82, 2.24) is 20.6 Å². The summed E-state index contributed by atoms with van der Waals surface area (Å²) in [6, 6.07) is 9.29. The third-order valence-corrected chi connectivity index (χ3v) is 7.21. The number of methoxy groups -OCH3 is 1. The number of benzene rings is 1. The van der Waals surface area contributed by atoms with E-state index < -0.39 is 0 Å². The summed E-state index contributed by atoms with van der Waals surface area (Å²) in [6.07, 6.45) is 1.85. The number of Topliss-reactive ketones (excluding diaryl/α,β-unsaturated/α-hetero) is 1. The fraction of sp³-hybridized carbons (Fsp3) is 0.364. The number of fused-ring (bicyclic) bond motifs is 1. The molecular formula is C22H24N4O3S2. The lowest BCUT2D eigenvalue weighted by molar-refractivity contribution is 0.0933. The summed E-state index contributed by atoms with van der Waals surface area (Å²) in [4.78, 5) is 35.4. The predicted molar refractivity (Wildman–Crippen MR) is 124 cm³/mol. The van der Waals surface area contributed by atoms with Gasteiger partial charge in [-0.15, -0.1) is 11.3 Å². The quantitative estimate of drug-likeness (QED) is 0.319. The predicted octanol–water partition coefficient (Wildman–Crippen LogP) is 3.47. The normalized spacial score (nSPS) is 14.5. The molecule has 0 spiro atoms. The van der Waals surface area contributed by atoms with E-state index in [9.17, 15) is 9.59 Å². The van der Waals surface area contributed by atoms with Gasteiger partial charge in [0.1, 0.15) is 16.6 Å². The number of piperidine rings is 1. The fourth-order valence-corrected chi connectivity index (χ4v) is 5.34. The Morgan fingerprint density at radius 2 is 1.97 bits per heavy atom. The van der Waals surface area contributed by atoms with Crippen LogP contribution in [0.3, 0.4) is 0 Å². The Labute approximate surface area is 189 Å². The minimum atomic E-state index is -0.104. The smallest absolute Gasteiger partial charge is 0.261 e. The lowest BCUT2D eigenvalue weighted by atomic mass is 10.1. The standard InChI is InChI=1S/C22H24N4O3S2/c1-13-24-17-4-3-15(29-2)11-16(17)22(25-13)30-12-18(27)19-5-6-20(31-19)21(28)26-14-7-9-23-10-8-14/h3-6,11,14,23H,7-10,12H2,1-2H3,(H,26,28). The second-order valence-electron chi connectivity index (χ2n) is 7.33. The van der Waals surface area contributed by atoms with E-state index in [1.165, 1.54) is 23.1 Å². The number of ketones is 1. The summed E-state index contributed by atoms with van der Waals surface area (Å²) in [5.41, 5.74) is 0.816. The molecule has 1 amide bonds. The van der Waals surface area contributed by atoms with E-state index in [1.54, 1.807) is 19.2 Å². The van der Waals surface area contributed by atoms with Crippen molar-refractivity contribution in [2.75, 3.05) is 26.0 Å². The fourth-order valence-electron chi connectivity index (χ4n) is 3.47. The first-order valence-corrected chi connectivity index (χ1v) is 11.9. The summed E-state index contributed by atoms with van der Waals surface area (Å²) in [7, 11) is 1.61. The minimum absolute atomic E-state index is 0.0248. The monoisotopic (exact) mass is 456 g/mol. The number of carbonyl (C=O) groups is 2. The molecule has 1 aromatic carbocycles. The number of amides is 1. The Hall–Kier alpha value is -2.49. The number of hydrogen-bond donors (Lipinski definition) is 2. The summed E-state index contributed by atoms with van der Waals surface area (Å²) in [5.74, 6) is 1.48. The molecule has 3 aromatic rings. The number of nitrogens with one attached hydrogen (secondary N) is 2. The van der Waals surface area contributed by atoms with Gasteiger partial charge in [0.25, 0.3) is 5.91 Å². The van der Waals surface area contributed by atoms with Gasteiger partial charge in [-0.1, -0.05) is 11.8 Å². The number of thioether (sulfide) groups is 1. The molecule has 162 valence electrons. The molecule has 0 radical (unpaired) electrons. The summed E-state index contributed by atoms with van der Waals surface area (Å²) in [5, 5.41) is 7.95. The van der Waals surface area contributed by atoms with E-state index in [2.05, 4.69) is 20.6 Å². The Morgan fingerprint density at radius 1 is 1.19 bits per heavy atom. The van der Waals surface area contributed by atoms with Crippen LogP contribution in [0.15, 0.2) is 35.4 Å². The van der Waals surface area contributed by atoms with Gasteiger partial charge < -0.3 is 15.4 Å². The van der Waals surface area contributed by atoms with Crippen molar-refractivity contribution in [3.63, 3.8) is 0 Å². The highest BCUT2D eigenvalue weighted by Gasteiger charge is 2.19. The van der Waals surface area contributed by atoms with Crippen LogP contribution >= 0.6 is 23.1 Å². The maximum absolute atomic E-state index is 12.8. The van der Waals surface area contributed by atoms with E-state index in [0.29, 0.717) is 15.6 Å². The summed E-state index contributed by atoms with van der Waals surface area (Å²) < 4.78 is 5.31. The highest BCUT2D eigenvalue weighted by Crippen LogP contribution is 2.29. The van der Waals surface area contributed by atoms with Crippen molar-refractivity contribution in [3.05, 3.63) is 45.9 Å². The number of carbonyl (C=O) groups excluding carboxylic acids is 2. The van der Waals surface area contributed by atoms with Crippen molar-refractivity contribution in [2.45, 2.75) is 30.8 Å². The lowest BCUT2D eigenvalue weighted by Crippen LogP contribution is -2.42. The zero-order chi connectivity index (χ0) is 21.8. The molecule has 0 saturated carbocycles. The van der Waals surface area contributed by atoms with Gasteiger partial charge in [-0.25, -0.2) is 9.97 Å². The molecule has 31 heavy (non-hydrogen) atoms. The molecule has 1 fully saturated rings. The zero-order valence-corrected chi connectivity index (χ0v) is 19.1. The molecule has 1 aliphatic rings. The average molecular weight is 457 g/mol. The van der Waals surface area contributed by atoms with Crippen LogP contribution in [0.25, 0.3) is 10.9 Å². The van der Waals surface area contributed by atoms with Gasteiger partial charge in [0.15, 0.2) is 5.78 Å². The molecule has 1 aliphatic heterocycles. The highest BCUT2D eigenvalue weighted by molar-refractivity contribution is 8.00. The van der Waals surface area contributed by atoms with Gasteiger partial charge in [0.05, 0.1) is 28.1 Å². The Kier molecular flexibility index (Phi) is 6.84. The molecule has 1 saturated heterocycles. The molecule has 0 bridgehead atoms. The Morgan fingerprint density at radius 3 is 2.74 bits per heavy atom. The second kappa shape index (κ2) is 9.76. The molecule has 0 unspecified atom stereocenters. The SMILES string of the molecule is COc1ccc2nc(C)nc(SCC(=O)c3ccc(C(=O)NC4CCNCC4)s3)c2c1. The number of aryl methyl sites for hydroxylation is 1. The molecule has 7 nitrogen and oxygen atoms in total. The number of rotatable bonds is 7. The molecule has 9 heteroatoms.